The number of hydrogen-bond donors (Lipinski definition) is 2. The molecule has 9 heteroatoms. The molecule has 0 atom stereocenters. The first-order valence-corrected chi connectivity index (χ1v) is 12.2. The molecule has 4 heterocycles. The Kier molecular flexibility index (Phi) is 5.80. The number of thiophene rings is 1. The van der Waals surface area contributed by atoms with Gasteiger partial charge < -0.3 is 19.8 Å². The van der Waals surface area contributed by atoms with Crippen molar-refractivity contribution in [1.29, 1.82) is 0 Å². The third-order valence-electron chi connectivity index (χ3n) is 6.02. The van der Waals surface area contributed by atoms with Gasteiger partial charge in [-0.1, -0.05) is 18.2 Å². The highest BCUT2D eigenvalue weighted by Gasteiger charge is 2.15. The van der Waals surface area contributed by atoms with Crippen molar-refractivity contribution in [3.05, 3.63) is 59.6 Å². The predicted molar refractivity (Wildman–Crippen MR) is 135 cm³/mol. The minimum absolute atomic E-state index is 0.646. The van der Waals surface area contributed by atoms with Crippen molar-refractivity contribution in [2.45, 2.75) is 0 Å². The van der Waals surface area contributed by atoms with Gasteiger partial charge in [-0.25, -0.2) is 4.98 Å². The van der Waals surface area contributed by atoms with Gasteiger partial charge in [0.25, 0.3) is 0 Å². The van der Waals surface area contributed by atoms with Gasteiger partial charge in [0.15, 0.2) is 5.82 Å². The molecule has 1 fully saturated rings. The Bertz CT molecular complexity index is 1410. The monoisotopic (exact) mass is 472 g/mol. The van der Waals surface area contributed by atoms with Crippen LogP contribution in [0.25, 0.3) is 33.1 Å². The van der Waals surface area contributed by atoms with Crippen LogP contribution in [0.5, 0.6) is 5.75 Å². The highest BCUT2D eigenvalue weighted by molar-refractivity contribution is 7.09. The van der Waals surface area contributed by atoms with E-state index in [-0.39, 0.29) is 0 Å². The van der Waals surface area contributed by atoms with Crippen LogP contribution in [0.4, 0.5) is 11.5 Å². The molecule has 0 unspecified atom stereocenters. The molecule has 1 saturated heterocycles. The van der Waals surface area contributed by atoms with Crippen LogP contribution in [0.3, 0.4) is 0 Å². The maximum Gasteiger partial charge on any atom is 0.163 e. The molecule has 0 amide bonds. The number of anilines is 2. The molecule has 5 aromatic rings. The molecule has 1 aliphatic rings. The van der Waals surface area contributed by atoms with E-state index in [4.69, 9.17) is 14.5 Å². The van der Waals surface area contributed by atoms with E-state index >= 15 is 0 Å². The number of aromatic nitrogens is 4. The smallest absolute Gasteiger partial charge is 0.163 e. The van der Waals surface area contributed by atoms with Crippen molar-refractivity contribution in [2.75, 3.05) is 44.8 Å². The van der Waals surface area contributed by atoms with Gasteiger partial charge in [-0.05, 0) is 23.6 Å². The van der Waals surface area contributed by atoms with Crippen LogP contribution >= 0.6 is 11.3 Å². The van der Waals surface area contributed by atoms with E-state index in [9.17, 15) is 0 Å². The number of morpholine rings is 1. The number of nitrogens with one attached hydrogen (secondary N) is 2. The van der Waals surface area contributed by atoms with Gasteiger partial charge in [-0.2, -0.15) is 11.3 Å². The molecule has 0 saturated carbocycles. The van der Waals surface area contributed by atoms with Gasteiger partial charge in [0, 0.05) is 58.5 Å². The van der Waals surface area contributed by atoms with Crippen LogP contribution in [-0.2, 0) is 4.74 Å². The van der Waals surface area contributed by atoms with E-state index in [1.807, 2.05) is 36.4 Å². The highest BCUT2D eigenvalue weighted by Crippen LogP contribution is 2.37. The summed E-state index contributed by atoms with van der Waals surface area (Å²) in [5.74, 6) is 2.35. The van der Waals surface area contributed by atoms with Gasteiger partial charge >= 0.3 is 0 Å². The maximum absolute atomic E-state index is 6.04. The largest absolute Gasteiger partial charge is 0.492 e. The molecule has 0 radical (unpaired) electrons. The van der Waals surface area contributed by atoms with Crippen LogP contribution in [0.15, 0.2) is 59.6 Å². The van der Waals surface area contributed by atoms with E-state index in [0.29, 0.717) is 12.4 Å². The Hall–Kier alpha value is -3.53. The molecule has 2 aromatic carbocycles. The van der Waals surface area contributed by atoms with Crippen molar-refractivity contribution in [3.63, 3.8) is 0 Å². The third-order valence-corrected chi connectivity index (χ3v) is 6.76. The van der Waals surface area contributed by atoms with Crippen LogP contribution in [0, 0.1) is 0 Å². The van der Waals surface area contributed by atoms with E-state index in [0.717, 1.165) is 77.3 Å². The summed E-state index contributed by atoms with van der Waals surface area (Å²) >= 11 is 1.67. The van der Waals surface area contributed by atoms with Gasteiger partial charge in [0.2, 0.25) is 0 Å². The first kappa shape index (κ1) is 21.0. The predicted octanol–water partition coefficient (Wildman–Crippen LogP) is 4.69. The molecule has 6 rings (SSSR count). The number of para-hydroxylation sites is 1. The number of fused-ring (bicyclic) bond motifs is 3. The maximum atomic E-state index is 6.04. The zero-order valence-electron chi connectivity index (χ0n) is 18.5. The average Bonchev–Trinajstić information content (AvgIpc) is 3.58. The van der Waals surface area contributed by atoms with Crippen molar-refractivity contribution in [2.24, 2.45) is 0 Å². The van der Waals surface area contributed by atoms with E-state index < -0.39 is 0 Å². The number of hydrogen-bond acceptors (Lipinski definition) is 8. The van der Waals surface area contributed by atoms with Gasteiger partial charge in [-0.15, -0.1) is 10.2 Å². The third kappa shape index (κ3) is 4.21. The fourth-order valence-corrected chi connectivity index (χ4v) is 5.12. The Morgan fingerprint density at radius 2 is 1.94 bits per heavy atom. The summed E-state index contributed by atoms with van der Waals surface area (Å²) in [6, 6.07) is 14.2. The number of rotatable bonds is 7. The average molecular weight is 473 g/mol. The molecule has 8 nitrogen and oxygen atoms in total. The van der Waals surface area contributed by atoms with E-state index in [2.05, 4.69) is 42.2 Å². The second kappa shape index (κ2) is 9.38. The number of ether oxygens (including phenoxy) is 2. The van der Waals surface area contributed by atoms with Crippen molar-refractivity contribution in [3.8, 4) is 17.1 Å². The number of benzene rings is 2. The molecule has 0 spiro atoms. The molecule has 2 N–H and O–H groups in total. The lowest BCUT2D eigenvalue weighted by Crippen LogP contribution is -2.38. The number of pyridine rings is 1. The van der Waals surface area contributed by atoms with Crippen molar-refractivity contribution >= 4 is 44.5 Å². The van der Waals surface area contributed by atoms with Crippen LogP contribution < -0.4 is 10.1 Å². The Morgan fingerprint density at radius 3 is 2.82 bits per heavy atom. The summed E-state index contributed by atoms with van der Waals surface area (Å²) in [7, 11) is 0. The van der Waals surface area contributed by atoms with Crippen molar-refractivity contribution < 1.29 is 9.47 Å². The van der Waals surface area contributed by atoms with Crippen LogP contribution in [0.1, 0.15) is 0 Å². The SMILES string of the molecule is c1cc(Nc2nc3c(-c4nnc[nH]4)cccc3c3cscc23)cc(OCCN2CCOCC2)c1. The van der Waals surface area contributed by atoms with Gasteiger partial charge in [0.1, 0.15) is 24.5 Å². The Balaban J connectivity index is 1.28. The zero-order valence-corrected chi connectivity index (χ0v) is 19.3. The molecule has 0 aliphatic carbocycles. The van der Waals surface area contributed by atoms with Gasteiger partial charge in [-0.3, -0.25) is 4.90 Å². The normalized spacial score (nSPS) is 14.6. The molecule has 172 valence electrons. The topological polar surface area (TPSA) is 88.2 Å². The quantitative estimate of drug-likeness (QED) is 0.355. The molecular weight excluding hydrogens is 448 g/mol. The van der Waals surface area contributed by atoms with Crippen molar-refractivity contribution in [1.82, 2.24) is 25.1 Å². The second-order valence-corrected chi connectivity index (χ2v) is 8.90. The summed E-state index contributed by atoms with van der Waals surface area (Å²) < 4.78 is 11.4. The summed E-state index contributed by atoms with van der Waals surface area (Å²) in [6.07, 6.45) is 1.58. The van der Waals surface area contributed by atoms with Crippen LogP contribution in [0.2, 0.25) is 0 Å². The molecule has 34 heavy (non-hydrogen) atoms. The summed E-state index contributed by atoms with van der Waals surface area (Å²) in [5.41, 5.74) is 2.73. The second-order valence-electron chi connectivity index (χ2n) is 8.15. The fraction of sp³-hybridized carbons (Fsp3) is 0.240. The summed E-state index contributed by atoms with van der Waals surface area (Å²) in [4.78, 5) is 10.5. The number of H-pyrrole nitrogens is 1. The highest BCUT2D eigenvalue weighted by atomic mass is 32.1. The molecule has 3 aromatic heterocycles. The minimum Gasteiger partial charge on any atom is -0.492 e. The van der Waals surface area contributed by atoms with E-state index in [1.165, 1.54) is 0 Å². The number of nitrogens with zero attached hydrogens (tertiary/aromatic N) is 4. The lowest BCUT2D eigenvalue weighted by molar-refractivity contribution is 0.0322. The molecular formula is C25H24N6O2S. The van der Waals surface area contributed by atoms with Gasteiger partial charge in [0.05, 0.1) is 18.7 Å². The first-order chi connectivity index (χ1) is 16.8. The first-order valence-electron chi connectivity index (χ1n) is 11.3. The Morgan fingerprint density at radius 1 is 1.06 bits per heavy atom. The zero-order chi connectivity index (χ0) is 22.7. The standard InChI is InChI=1S/C25H24N6O2S/c1-3-17(13-18(4-1)33-12-9-31-7-10-32-11-8-31)28-25-22-15-34-14-21(22)19-5-2-6-20(23(19)29-25)24-26-16-27-30-24/h1-6,13-16H,7-12H2,(H,28,29)(H,26,27,30). The summed E-state index contributed by atoms with van der Waals surface area (Å²) in [5, 5.41) is 19.3. The fourth-order valence-electron chi connectivity index (χ4n) is 4.28. The summed E-state index contributed by atoms with van der Waals surface area (Å²) in [6.45, 7) is 5.07. The molecule has 1 aliphatic heterocycles. The minimum atomic E-state index is 0.646. The lowest BCUT2D eigenvalue weighted by atomic mass is 10.1. The Labute approximate surface area is 200 Å². The van der Waals surface area contributed by atoms with Crippen LogP contribution in [-0.4, -0.2) is 64.5 Å². The van der Waals surface area contributed by atoms with E-state index in [1.54, 1.807) is 17.7 Å². The lowest BCUT2D eigenvalue weighted by Gasteiger charge is -2.26. The molecule has 0 bridgehead atoms. The number of aromatic amines is 1.